The molecule has 59 heavy (non-hydrogen) atoms. The van der Waals surface area contributed by atoms with Crippen LogP contribution in [0.5, 0.6) is 0 Å². The van der Waals surface area contributed by atoms with E-state index in [0.29, 0.717) is 51.9 Å². The molecule has 2 aromatic rings. The third kappa shape index (κ3) is 15.8. The fraction of sp³-hybridized carbons (Fsp3) is 0.667. The van der Waals surface area contributed by atoms with Crippen LogP contribution in [0.15, 0.2) is 60.7 Å². The average Bonchev–Trinajstić information content (AvgIpc) is 3.88. The Hall–Kier alpha value is -3.48. The summed E-state index contributed by atoms with van der Waals surface area (Å²) < 4.78 is 23.4. The first kappa shape index (κ1) is 49.9. The van der Waals surface area contributed by atoms with Crippen molar-refractivity contribution in [2.24, 2.45) is 17.6 Å². The Balaban J connectivity index is 1.70. The fourth-order valence-electron chi connectivity index (χ4n) is 7.78. The first-order chi connectivity index (χ1) is 27.9. The zero-order valence-corrected chi connectivity index (χ0v) is 37.5. The van der Waals surface area contributed by atoms with Crippen LogP contribution in [-0.4, -0.2) is 77.6 Å². The number of rotatable bonds is 30. The molecule has 1 fully saturated rings. The van der Waals surface area contributed by atoms with Gasteiger partial charge in [0, 0.05) is 25.0 Å². The van der Waals surface area contributed by atoms with Crippen molar-refractivity contribution >= 4 is 23.5 Å². The van der Waals surface area contributed by atoms with Gasteiger partial charge >= 0.3 is 11.9 Å². The Morgan fingerprint density at radius 1 is 0.797 bits per heavy atom. The summed E-state index contributed by atoms with van der Waals surface area (Å²) in [5, 5.41) is 7.12. The number of esters is 2. The van der Waals surface area contributed by atoms with Crippen LogP contribution in [0.25, 0.3) is 0 Å². The lowest BCUT2D eigenvalue weighted by molar-refractivity contribution is -0.146. The smallest absolute Gasteiger partial charge is 0.306 e. The zero-order chi connectivity index (χ0) is 43.7. The zero-order valence-electron chi connectivity index (χ0n) is 37.5. The number of ether oxygens (including phenoxy) is 4. The molecular formula is C48H75N3O8. The Kier molecular flexibility index (Phi) is 19.9. The molecule has 5 atom stereocenters. The van der Waals surface area contributed by atoms with E-state index in [9.17, 15) is 19.2 Å². The van der Waals surface area contributed by atoms with Crippen LogP contribution in [0.4, 0.5) is 0 Å². The van der Waals surface area contributed by atoms with Crippen LogP contribution in [0.3, 0.4) is 0 Å². The van der Waals surface area contributed by atoms with E-state index in [1.54, 1.807) is 0 Å². The Morgan fingerprint density at radius 3 is 1.88 bits per heavy atom. The highest BCUT2D eigenvalue weighted by molar-refractivity contribution is 5.96. The summed E-state index contributed by atoms with van der Waals surface area (Å²) in [5.41, 5.74) is 5.73. The maximum Gasteiger partial charge on any atom is 0.306 e. The van der Waals surface area contributed by atoms with E-state index in [1.807, 2.05) is 88.4 Å². The highest BCUT2D eigenvalue weighted by atomic mass is 16.5. The molecule has 0 spiro atoms. The Morgan fingerprint density at radius 2 is 1.34 bits per heavy atom. The highest BCUT2D eigenvalue weighted by Crippen LogP contribution is 2.47. The Bertz CT molecular complexity index is 1600. The monoisotopic (exact) mass is 822 g/mol. The normalized spacial score (nSPS) is 18.4. The van der Waals surface area contributed by atoms with E-state index in [4.69, 9.17) is 24.7 Å². The molecule has 4 N–H and O–H groups in total. The van der Waals surface area contributed by atoms with Gasteiger partial charge in [0.2, 0.25) is 0 Å². The lowest BCUT2D eigenvalue weighted by atomic mass is 9.81. The number of hydrogen-bond donors (Lipinski definition) is 3. The molecule has 0 radical (unpaired) electrons. The quantitative estimate of drug-likeness (QED) is 0.0662. The van der Waals surface area contributed by atoms with Gasteiger partial charge in [-0.25, -0.2) is 0 Å². The third-order valence-corrected chi connectivity index (χ3v) is 12.1. The van der Waals surface area contributed by atoms with Crippen molar-refractivity contribution in [3.05, 3.63) is 71.8 Å². The SMILES string of the molecule is CCCOC(C)(C)CCOC(C)(C)CCNC(CC)(CC)C(=O)[C@H](CCC(=O)OCc1ccccc1)NC(C)C(CC)C(=O)C1(N)C[C@H]1CC(=O)OCc1ccccc1. The molecule has 1 aliphatic rings. The minimum absolute atomic E-state index is 0.0182. The van der Waals surface area contributed by atoms with Crippen molar-refractivity contribution in [3.63, 3.8) is 0 Å². The van der Waals surface area contributed by atoms with Gasteiger partial charge in [-0.15, -0.1) is 0 Å². The number of carbonyl (C=O) groups excluding carboxylic acids is 4. The van der Waals surface area contributed by atoms with Gasteiger partial charge in [-0.05, 0) is 110 Å². The topological polar surface area (TPSA) is 155 Å². The second kappa shape index (κ2) is 23.5. The van der Waals surface area contributed by atoms with Crippen molar-refractivity contribution in [2.75, 3.05) is 19.8 Å². The van der Waals surface area contributed by atoms with Gasteiger partial charge < -0.3 is 35.3 Å². The molecule has 330 valence electrons. The molecule has 0 bridgehead atoms. The van der Waals surface area contributed by atoms with Gasteiger partial charge in [0.15, 0.2) is 11.6 Å². The van der Waals surface area contributed by atoms with Crippen molar-refractivity contribution < 1.29 is 38.1 Å². The van der Waals surface area contributed by atoms with Crippen LogP contribution in [0.1, 0.15) is 138 Å². The van der Waals surface area contributed by atoms with E-state index in [2.05, 4.69) is 45.3 Å². The van der Waals surface area contributed by atoms with Gasteiger partial charge in [-0.1, -0.05) is 88.4 Å². The number of carbonyl (C=O) groups is 4. The summed E-state index contributed by atoms with van der Waals surface area (Å²) >= 11 is 0. The third-order valence-electron chi connectivity index (χ3n) is 12.1. The first-order valence-corrected chi connectivity index (χ1v) is 22.0. The van der Waals surface area contributed by atoms with Crippen LogP contribution in [0, 0.1) is 11.8 Å². The molecule has 2 aromatic carbocycles. The van der Waals surface area contributed by atoms with Gasteiger partial charge in [0.1, 0.15) is 13.2 Å². The predicted molar refractivity (Wildman–Crippen MR) is 232 cm³/mol. The summed E-state index contributed by atoms with van der Waals surface area (Å²) in [4.78, 5) is 54.8. The molecule has 0 amide bonds. The van der Waals surface area contributed by atoms with Gasteiger partial charge in [0.25, 0.3) is 0 Å². The molecule has 11 heteroatoms. The maximum absolute atomic E-state index is 14.8. The van der Waals surface area contributed by atoms with Crippen molar-refractivity contribution in [3.8, 4) is 0 Å². The van der Waals surface area contributed by atoms with Gasteiger partial charge in [0.05, 0.1) is 41.3 Å². The van der Waals surface area contributed by atoms with Crippen LogP contribution in [0.2, 0.25) is 0 Å². The van der Waals surface area contributed by atoms with Gasteiger partial charge in [-0.3, -0.25) is 19.2 Å². The minimum atomic E-state index is -1.14. The number of Topliss-reactive ketones (excluding diaryl/α,β-unsaturated/α-hetero) is 2. The van der Waals surface area contributed by atoms with Crippen LogP contribution in [-0.2, 0) is 51.3 Å². The van der Waals surface area contributed by atoms with E-state index >= 15 is 0 Å². The Labute approximate surface area is 354 Å². The lowest BCUT2D eigenvalue weighted by Gasteiger charge is -2.38. The van der Waals surface area contributed by atoms with Crippen LogP contribution >= 0.6 is 0 Å². The fourth-order valence-corrected chi connectivity index (χ4v) is 7.78. The van der Waals surface area contributed by atoms with E-state index in [1.165, 1.54) is 0 Å². The standard InChI is InChI=1S/C48H75N3O8/c1-10-29-58-46(8,9)27-30-59-45(6,7)26-28-50-47(12-3,13-4)44(55)40(24-25-41(52)56-33-36-20-16-14-17-21-36)51-35(5)39(11-2)43(54)48(49)32-38(48)31-42(53)57-34-37-22-18-15-19-23-37/h14-23,35,38-40,50-51H,10-13,24-34,49H2,1-9H3/t35?,38-,39?,40+,48?/m1/s1. The van der Waals surface area contributed by atoms with Crippen molar-refractivity contribution in [1.29, 1.82) is 0 Å². The predicted octanol–water partition coefficient (Wildman–Crippen LogP) is 7.80. The van der Waals surface area contributed by atoms with E-state index in [-0.39, 0.29) is 61.5 Å². The number of hydrogen-bond acceptors (Lipinski definition) is 11. The maximum atomic E-state index is 14.8. The highest BCUT2D eigenvalue weighted by Gasteiger charge is 2.59. The lowest BCUT2D eigenvalue weighted by Crippen LogP contribution is -2.60. The molecule has 0 heterocycles. The summed E-state index contributed by atoms with van der Waals surface area (Å²) in [7, 11) is 0. The summed E-state index contributed by atoms with van der Waals surface area (Å²) in [6, 6.07) is 17.7. The van der Waals surface area contributed by atoms with Crippen molar-refractivity contribution in [1.82, 2.24) is 10.6 Å². The molecule has 0 aromatic heterocycles. The largest absolute Gasteiger partial charge is 0.461 e. The van der Waals surface area contributed by atoms with Crippen LogP contribution < -0.4 is 16.4 Å². The molecule has 0 saturated heterocycles. The minimum Gasteiger partial charge on any atom is -0.461 e. The average molecular weight is 822 g/mol. The van der Waals surface area contributed by atoms with E-state index < -0.39 is 40.6 Å². The molecule has 1 saturated carbocycles. The molecule has 3 rings (SSSR count). The molecule has 11 nitrogen and oxygen atoms in total. The number of nitrogens with one attached hydrogen (secondary N) is 2. The molecule has 1 aliphatic carbocycles. The number of ketones is 2. The molecule has 3 unspecified atom stereocenters. The number of nitrogens with two attached hydrogens (primary N) is 1. The molecular weight excluding hydrogens is 747 g/mol. The van der Waals surface area contributed by atoms with Gasteiger partial charge in [-0.2, -0.15) is 0 Å². The summed E-state index contributed by atoms with van der Waals surface area (Å²) in [6.45, 7) is 20.3. The van der Waals surface area contributed by atoms with E-state index in [0.717, 1.165) is 24.0 Å². The van der Waals surface area contributed by atoms with Crippen molar-refractivity contribution in [2.45, 2.75) is 174 Å². The molecule has 0 aliphatic heterocycles. The first-order valence-electron chi connectivity index (χ1n) is 22.0. The summed E-state index contributed by atoms with van der Waals surface area (Å²) in [6.07, 6.45) is 4.62. The summed E-state index contributed by atoms with van der Waals surface area (Å²) in [5.74, 6) is -1.82. The number of benzene rings is 2. The second-order valence-corrected chi connectivity index (χ2v) is 17.7. The second-order valence-electron chi connectivity index (χ2n) is 17.7.